The van der Waals surface area contributed by atoms with Gasteiger partial charge in [0.1, 0.15) is 0 Å². The SMILES string of the molecule is COC(=O)c1ccc2c(c1-c1c(C(=O)OC)ccc3c1C(=O)c1ccccc1C3=O)C(=O)c1ccccc1C2=O. The van der Waals surface area contributed by atoms with Crippen molar-refractivity contribution in [1.82, 2.24) is 0 Å². The van der Waals surface area contributed by atoms with E-state index >= 15 is 0 Å². The first-order chi connectivity index (χ1) is 19.3. The molecule has 8 nitrogen and oxygen atoms in total. The lowest BCUT2D eigenvalue weighted by Gasteiger charge is -2.26. The summed E-state index contributed by atoms with van der Waals surface area (Å²) in [4.78, 5) is 81.3. The first kappa shape index (κ1) is 24.8. The second kappa shape index (κ2) is 9.06. The van der Waals surface area contributed by atoms with Crippen molar-refractivity contribution in [2.45, 2.75) is 0 Å². The maximum absolute atomic E-state index is 14.0. The molecular formula is C32H18O8. The van der Waals surface area contributed by atoms with Gasteiger partial charge in [-0.05, 0) is 24.3 Å². The minimum atomic E-state index is -0.875. The van der Waals surface area contributed by atoms with Crippen molar-refractivity contribution < 1.29 is 38.2 Å². The molecule has 6 rings (SSSR count). The molecule has 0 saturated heterocycles. The van der Waals surface area contributed by atoms with E-state index < -0.39 is 35.1 Å². The van der Waals surface area contributed by atoms with Gasteiger partial charge >= 0.3 is 11.9 Å². The Hall–Kier alpha value is -5.50. The zero-order valence-electron chi connectivity index (χ0n) is 21.2. The molecule has 2 aliphatic rings. The largest absolute Gasteiger partial charge is 0.465 e. The molecule has 0 heterocycles. The third-order valence-corrected chi connectivity index (χ3v) is 7.25. The average Bonchev–Trinajstić information content (AvgIpc) is 3.00. The molecule has 2 aliphatic carbocycles. The van der Waals surface area contributed by atoms with E-state index in [0.717, 1.165) is 14.2 Å². The summed E-state index contributed by atoms with van der Waals surface area (Å²) in [5.41, 5.74) is -0.483. The Morgan fingerprint density at radius 1 is 0.425 bits per heavy atom. The van der Waals surface area contributed by atoms with Crippen LogP contribution in [0.2, 0.25) is 0 Å². The monoisotopic (exact) mass is 530 g/mol. The molecule has 0 aromatic heterocycles. The van der Waals surface area contributed by atoms with Crippen molar-refractivity contribution in [3.05, 3.63) is 128 Å². The van der Waals surface area contributed by atoms with Gasteiger partial charge in [0.25, 0.3) is 0 Å². The predicted octanol–water partition coefficient (Wildman–Crippen LogP) is 4.48. The smallest absolute Gasteiger partial charge is 0.338 e. The quantitative estimate of drug-likeness (QED) is 0.307. The highest BCUT2D eigenvalue weighted by Gasteiger charge is 2.40. The third-order valence-electron chi connectivity index (χ3n) is 7.25. The number of ketones is 4. The normalized spacial score (nSPS) is 13.2. The summed E-state index contributed by atoms with van der Waals surface area (Å²) in [6, 6.07) is 17.8. The first-order valence-corrected chi connectivity index (χ1v) is 12.2. The lowest BCUT2D eigenvalue weighted by Crippen LogP contribution is -2.26. The molecule has 0 radical (unpaired) electrons. The van der Waals surface area contributed by atoms with Gasteiger partial charge in [-0.3, -0.25) is 19.2 Å². The Morgan fingerprint density at radius 2 is 0.750 bits per heavy atom. The van der Waals surface area contributed by atoms with E-state index in [1.807, 2.05) is 0 Å². The summed E-state index contributed by atoms with van der Waals surface area (Å²) in [5.74, 6) is -3.87. The van der Waals surface area contributed by atoms with Crippen LogP contribution in [-0.4, -0.2) is 49.3 Å². The molecule has 0 aliphatic heterocycles. The number of methoxy groups -OCH3 is 2. The molecule has 0 atom stereocenters. The Balaban J connectivity index is 1.80. The predicted molar refractivity (Wildman–Crippen MR) is 141 cm³/mol. The highest BCUT2D eigenvalue weighted by Crippen LogP contribution is 2.43. The van der Waals surface area contributed by atoms with Gasteiger partial charge in [0.05, 0.1) is 25.3 Å². The summed E-state index contributed by atoms with van der Waals surface area (Å²) in [7, 11) is 2.28. The fourth-order valence-electron chi connectivity index (χ4n) is 5.45. The van der Waals surface area contributed by atoms with Gasteiger partial charge in [-0.2, -0.15) is 0 Å². The van der Waals surface area contributed by atoms with Gasteiger partial charge in [-0.15, -0.1) is 0 Å². The number of fused-ring (bicyclic) bond motifs is 4. The number of carbonyl (C=O) groups is 6. The first-order valence-electron chi connectivity index (χ1n) is 12.2. The number of benzene rings is 4. The van der Waals surface area contributed by atoms with Crippen molar-refractivity contribution >= 4 is 35.1 Å². The molecule has 0 bridgehead atoms. The van der Waals surface area contributed by atoms with Crippen molar-refractivity contribution in [2.24, 2.45) is 0 Å². The van der Waals surface area contributed by atoms with E-state index in [9.17, 15) is 28.8 Å². The Kier molecular flexibility index (Phi) is 5.62. The second-order valence-corrected chi connectivity index (χ2v) is 9.21. The van der Waals surface area contributed by atoms with Gasteiger partial charge in [-0.25, -0.2) is 9.59 Å². The minimum Gasteiger partial charge on any atom is -0.465 e. The lowest BCUT2D eigenvalue weighted by atomic mass is 9.74. The molecule has 194 valence electrons. The molecule has 0 fully saturated rings. The maximum Gasteiger partial charge on any atom is 0.338 e. The molecule has 4 aromatic carbocycles. The van der Waals surface area contributed by atoms with Gasteiger partial charge in [-0.1, -0.05) is 48.5 Å². The molecule has 0 unspecified atom stereocenters. The number of carbonyl (C=O) groups excluding carboxylic acids is 6. The van der Waals surface area contributed by atoms with Crippen LogP contribution in [0.4, 0.5) is 0 Å². The molecule has 0 spiro atoms. The van der Waals surface area contributed by atoms with Crippen molar-refractivity contribution in [2.75, 3.05) is 14.2 Å². The zero-order valence-corrected chi connectivity index (χ0v) is 21.2. The summed E-state index contributed by atoms with van der Waals surface area (Å²) >= 11 is 0. The van der Waals surface area contributed by atoms with Crippen LogP contribution in [0.3, 0.4) is 0 Å². The van der Waals surface area contributed by atoms with Crippen LogP contribution in [0.5, 0.6) is 0 Å². The highest BCUT2D eigenvalue weighted by molar-refractivity contribution is 6.35. The zero-order chi connectivity index (χ0) is 28.3. The number of hydrogen-bond acceptors (Lipinski definition) is 8. The molecule has 4 aromatic rings. The topological polar surface area (TPSA) is 121 Å². The van der Waals surface area contributed by atoms with Gasteiger partial charge in [0.15, 0.2) is 23.1 Å². The van der Waals surface area contributed by atoms with Gasteiger partial charge < -0.3 is 9.47 Å². The van der Waals surface area contributed by atoms with Gasteiger partial charge in [0.2, 0.25) is 0 Å². The highest BCUT2D eigenvalue weighted by atomic mass is 16.5. The number of hydrogen-bond donors (Lipinski definition) is 0. The number of rotatable bonds is 3. The third kappa shape index (κ3) is 3.32. The van der Waals surface area contributed by atoms with E-state index in [4.69, 9.17) is 9.47 Å². The summed E-state index contributed by atoms with van der Waals surface area (Å²) < 4.78 is 9.99. The second-order valence-electron chi connectivity index (χ2n) is 9.21. The Bertz CT molecular complexity index is 1740. The van der Waals surface area contributed by atoms with Crippen LogP contribution in [0, 0.1) is 0 Å². The van der Waals surface area contributed by atoms with E-state index in [1.165, 1.54) is 48.5 Å². The van der Waals surface area contributed by atoms with E-state index in [2.05, 4.69) is 0 Å². The summed E-state index contributed by atoms with van der Waals surface area (Å²) in [6.07, 6.45) is 0. The summed E-state index contributed by atoms with van der Waals surface area (Å²) in [5, 5.41) is 0. The van der Waals surface area contributed by atoms with E-state index in [0.29, 0.717) is 0 Å². The van der Waals surface area contributed by atoms with Crippen molar-refractivity contribution in [3.63, 3.8) is 0 Å². The molecule has 0 N–H and O–H groups in total. The number of ether oxygens (including phenoxy) is 2. The molecule has 40 heavy (non-hydrogen) atoms. The Morgan fingerprint density at radius 3 is 1.07 bits per heavy atom. The van der Waals surface area contributed by atoms with Crippen LogP contribution in [0.1, 0.15) is 84.4 Å². The molecular weight excluding hydrogens is 512 g/mol. The van der Waals surface area contributed by atoms with Crippen molar-refractivity contribution in [1.29, 1.82) is 0 Å². The van der Waals surface area contributed by atoms with Crippen LogP contribution < -0.4 is 0 Å². The minimum absolute atomic E-state index is 0.0187. The van der Waals surface area contributed by atoms with Gasteiger partial charge in [0, 0.05) is 55.6 Å². The Labute approximate surface area is 227 Å². The van der Waals surface area contributed by atoms with Crippen LogP contribution >= 0.6 is 0 Å². The molecule has 0 amide bonds. The van der Waals surface area contributed by atoms with Crippen LogP contribution in [-0.2, 0) is 9.47 Å². The molecule has 0 saturated carbocycles. The fraction of sp³-hybridized carbons (Fsp3) is 0.0625. The lowest BCUT2D eigenvalue weighted by molar-refractivity contribution is 0.0589. The molecule has 8 heteroatoms. The van der Waals surface area contributed by atoms with E-state index in [-0.39, 0.29) is 66.8 Å². The van der Waals surface area contributed by atoms with Crippen molar-refractivity contribution in [3.8, 4) is 11.1 Å². The number of esters is 2. The summed E-state index contributed by atoms with van der Waals surface area (Å²) in [6.45, 7) is 0. The van der Waals surface area contributed by atoms with Crippen LogP contribution in [0.15, 0.2) is 72.8 Å². The fourth-order valence-corrected chi connectivity index (χ4v) is 5.45. The van der Waals surface area contributed by atoms with Crippen LogP contribution in [0.25, 0.3) is 11.1 Å². The van der Waals surface area contributed by atoms with E-state index in [1.54, 1.807) is 24.3 Å². The maximum atomic E-state index is 14.0. The standard InChI is InChI=1S/C32H18O8/c1-39-31(37)21-13-11-19-25(29(35)17-9-5-3-7-15(17)27(19)33)23(21)24-22(32(38)40-2)14-12-20-26(24)30(36)18-10-6-4-8-16(18)28(20)34/h3-14H,1-2H3. The average molecular weight is 530 g/mol.